The molecule has 0 aromatic heterocycles. The lowest BCUT2D eigenvalue weighted by Gasteiger charge is -2.29. The SMILES string of the molecule is C=C(COC(C)=O)C(=O)OC1CC(C)=CCCC(CO)=CC2OC(=O)C(C)C21. The maximum absolute atomic E-state index is 12.5. The van der Waals surface area contributed by atoms with Crippen molar-refractivity contribution in [3.63, 3.8) is 0 Å². The van der Waals surface area contributed by atoms with Gasteiger partial charge in [-0.1, -0.05) is 25.2 Å². The minimum atomic E-state index is -0.673. The molecule has 28 heavy (non-hydrogen) atoms. The summed E-state index contributed by atoms with van der Waals surface area (Å²) in [5.74, 6) is -2.40. The van der Waals surface area contributed by atoms with E-state index in [1.54, 1.807) is 13.0 Å². The van der Waals surface area contributed by atoms with Crippen molar-refractivity contribution in [3.8, 4) is 0 Å². The van der Waals surface area contributed by atoms with Crippen LogP contribution in [0.3, 0.4) is 0 Å². The molecule has 4 unspecified atom stereocenters. The fraction of sp³-hybridized carbons (Fsp3) is 0.571. The number of fused-ring (bicyclic) bond motifs is 1. The van der Waals surface area contributed by atoms with E-state index >= 15 is 0 Å². The Kier molecular flexibility index (Phi) is 7.57. The van der Waals surface area contributed by atoms with Crippen LogP contribution in [-0.4, -0.2) is 48.4 Å². The molecule has 2 rings (SSSR count). The second-order valence-electron chi connectivity index (χ2n) is 7.37. The molecule has 1 saturated heterocycles. The third-order valence-corrected chi connectivity index (χ3v) is 5.09. The molecule has 4 atom stereocenters. The van der Waals surface area contributed by atoms with Crippen molar-refractivity contribution in [1.82, 2.24) is 0 Å². The van der Waals surface area contributed by atoms with Crippen LogP contribution in [0.15, 0.2) is 35.5 Å². The van der Waals surface area contributed by atoms with Crippen molar-refractivity contribution in [3.05, 3.63) is 35.5 Å². The minimum Gasteiger partial charge on any atom is -0.461 e. The second-order valence-corrected chi connectivity index (χ2v) is 7.37. The average Bonchev–Trinajstić information content (AvgIpc) is 2.91. The van der Waals surface area contributed by atoms with Crippen LogP contribution >= 0.6 is 0 Å². The topological polar surface area (TPSA) is 99.1 Å². The van der Waals surface area contributed by atoms with Crippen LogP contribution in [0.1, 0.15) is 40.0 Å². The molecule has 154 valence electrons. The molecule has 1 N–H and O–H groups in total. The van der Waals surface area contributed by atoms with Crippen molar-refractivity contribution in [2.75, 3.05) is 13.2 Å². The summed E-state index contributed by atoms with van der Waals surface area (Å²) in [6, 6.07) is 0. The van der Waals surface area contributed by atoms with Gasteiger partial charge in [0.2, 0.25) is 0 Å². The van der Waals surface area contributed by atoms with E-state index in [2.05, 4.69) is 6.58 Å². The third kappa shape index (κ3) is 5.55. The molecule has 1 aliphatic carbocycles. The fourth-order valence-electron chi connectivity index (χ4n) is 3.52. The minimum absolute atomic E-state index is 0.0231. The van der Waals surface area contributed by atoms with Gasteiger partial charge < -0.3 is 19.3 Å². The summed E-state index contributed by atoms with van der Waals surface area (Å²) in [6.07, 6.45) is 4.49. The number of hydrogen-bond acceptors (Lipinski definition) is 7. The summed E-state index contributed by atoms with van der Waals surface area (Å²) >= 11 is 0. The summed E-state index contributed by atoms with van der Waals surface area (Å²) in [5, 5.41) is 9.61. The molecule has 0 aromatic rings. The second kappa shape index (κ2) is 9.68. The first-order valence-corrected chi connectivity index (χ1v) is 9.41. The molecule has 0 radical (unpaired) electrons. The highest BCUT2D eigenvalue weighted by Crippen LogP contribution is 2.37. The van der Waals surface area contributed by atoms with E-state index in [0.717, 1.165) is 17.6 Å². The van der Waals surface area contributed by atoms with Crippen molar-refractivity contribution in [2.45, 2.75) is 52.2 Å². The molecular weight excluding hydrogens is 364 g/mol. The van der Waals surface area contributed by atoms with Gasteiger partial charge in [0.05, 0.1) is 24.0 Å². The van der Waals surface area contributed by atoms with Crippen LogP contribution in [-0.2, 0) is 28.6 Å². The fourth-order valence-corrected chi connectivity index (χ4v) is 3.52. The van der Waals surface area contributed by atoms with Gasteiger partial charge in [0.25, 0.3) is 0 Å². The highest BCUT2D eigenvalue weighted by atomic mass is 16.6. The number of carbonyl (C=O) groups excluding carboxylic acids is 3. The van der Waals surface area contributed by atoms with Crippen molar-refractivity contribution in [2.24, 2.45) is 11.8 Å². The van der Waals surface area contributed by atoms with Gasteiger partial charge in [-0.2, -0.15) is 0 Å². The molecule has 7 heteroatoms. The Balaban J connectivity index is 2.27. The maximum Gasteiger partial charge on any atom is 0.337 e. The highest BCUT2D eigenvalue weighted by Gasteiger charge is 2.47. The number of carbonyl (C=O) groups is 3. The van der Waals surface area contributed by atoms with E-state index in [1.807, 2.05) is 13.0 Å². The van der Waals surface area contributed by atoms with Gasteiger partial charge in [-0.05, 0) is 31.4 Å². The molecule has 0 aromatic carbocycles. The zero-order valence-electron chi connectivity index (χ0n) is 16.6. The zero-order valence-corrected chi connectivity index (χ0v) is 16.6. The predicted molar refractivity (Wildman–Crippen MR) is 101 cm³/mol. The molecule has 1 fully saturated rings. The predicted octanol–water partition coefficient (Wildman–Crippen LogP) is 2.24. The maximum atomic E-state index is 12.5. The third-order valence-electron chi connectivity index (χ3n) is 5.09. The molecule has 1 aliphatic heterocycles. The molecule has 0 spiro atoms. The van der Waals surface area contributed by atoms with Crippen LogP contribution in [0.2, 0.25) is 0 Å². The van der Waals surface area contributed by atoms with Gasteiger partial charge in [-0.3, -0.25) is 9.59 Å². The Morgan fingerprint density at radius 3 is 2.75 bits per heavy atom. The Hall–Kier alpha value is -2.41. The number of hydrogen-bond donors (Lipinski definition) is 1. The van der Waals surface area contributed by atoms with Crippen molar-refractivity contribution >= 4 is 17.9 Å². The van der Waals surface area contributed by atoms with E-state index < -0.39 is 30.1 Å². The number of aliphatic hydroxyl groups is 1. The van der Waals surface area contributed by atoms with Crippen molar-refractivity contribution < 1.29 is 33.7 Å². The van der Waals surface area contributed by atoms with E-state index in [4.69, 9.17) is 14.2 Å². The lowest BCUT2D eigenvalue weighted by atomic mass is 9.82. The van der Waals surface area contributed by atoms with E-state index in [0.29, 0.717) is 12.8 Å². The first-order valence-electron chi connectivity index (χ1n) is 9.41. The lowest BCUT2D eigenvalue weighted by Crippen LogP contribution is -2.36. The Bertz CT molecular complexity index is 704. The van der Waals surface area contributed by atoms with Crippen LogP contribution in [0.25, 0.3) is 0 Å². The number of allylic oxidation sites excluding steroid dienone is 1. The molecule has 2 aliphatic rings. The van der Waals surface area contributed by atoms with Crippen LogP contribution in [0.5, 0.6) is 0 Å². The lowest BCUT2D eigenvalue weighted by molar-refractivity contribution is -0.150. The van der Waals surface area contributed by atoms with Crippen LogP contribution in [0.4, 0.5) is 0 Å². The Morgan fingerprint density at radius 1 is 1.39 bits per heavy atom. The highest BCUT2D eigenvalue weighted by molar-refractivity contribution is 5.88. The summed E-state index contributed by atoms with van der Waals surface area (Å²) < 4.78 is 16.0. The van der Waals surface area contributed by atoms with Gasteiger partial charge in [-0.15, -0.1) is 0 Å². The van der Waals surface area contributed by atoms with E-state index in [9.17, 15) is 19.5 Å². The quantitative estimate of drug-likeness (QED) is 0.331. The molecule has 0 amide bonds. The van der Waals surface area contributed by atoms with Gasteiger partial charge in [-0.25, -0.2) is 4.79 Å². The van der Waals surface area contributed by atoms with Crippen molar-refractivity contribution in [1.29, 1.82) is 0 Å². The summed E-state index contributed by atoms with van der Waals surface area (Å²) in [7, 11) is 0. The monoisotopic (exact) mass is 392 g/mol. The number of rotatable bonds is 5. The van der Waals surface area contributed by atoms with Gasteiger partial charge in [0.15, 0.2) is 0 Å². The van der Waals surface area contributed by atoms with Gasteiger partial charge in [0, 0.05) is 13.3 Å². The number of aliphatic hydroxyl groups excluding tert-OH is 1. The van der Waals surface area contributed by atoms with Gasteiger partial charge in [0.1, 0.15) is 18.8 Å². The molecule has 1 heterocycles. The summed E-state index contributed by atoms with van der Waals surface area (Å²) in [4.78, 5) is 35.6. The molecule has 0 saturated carbocycles. The first kappa shape index (κ1) is 21.9. The largest absolute Gasteiger partial charge is 0.461 e. The Morgan fingerprint density at radius 2 is 2.11 bits per heavy atom. The molecule has 7 nitrogen and oxygen atoms in total. The molecular formula is C21H28O7. The summed E-state index contributed by atoms with van der Waals surface area (Å²) in [5.41, 5.74) is 1.83. The normalized spacial score (nSPS) is 27.6. The Labute approximate surface area is 165 Å². The average molecular weight is 392 g/mol. The van der Waals surface area contributed by atoms with Gasteiger partial charge >= 0.3 is 17.9 Å². The van der Waals surface area contributed by atoms with E-state index in [-0.39, 0.29) is 30.7 Å². The van der Waals surface area contributed by atoms with Crippen LogP contribution < -0.4 is 0 Å². The first-order chi connectivity index (χ1) is 13.2. The summed E-state index contributed by atoms with van der Waals surface area (Å²) in [6.45, 7) is 8.19. The molecule has 0 bridgehead atoms. The van der Waals surface area contributed by atoms with E-state index in [1.165, 1.54) is 6.92 Å². The smallest absolute Gasteiger partial charge is 0.337 e. The zero-order chi connectivity index (χ0) is 20.8. The number of esters is 3. The standard InChI is InChI=1S/C21H28O7/c1-12-6-5-7-16(10-22)9-18-19(14(3)21(25)28-18)17(8-12)27-20(24)13(2)11-26-15(4)23/h6,9,14,17-19,22H,2,5,7-8,10-11H2,1,3-4H3. The van der Waals surface area contributed by atoms with Crippen LogP contribution in [0, 0.1) is 11.8 Å². The number of ether oxygens (including phenoxy) is 3.